The van der Waals surface area contributed by atoms with Crippen molar-refractivity contribution in [2.45, 2.75) is 25.2 Å². The van der Waals surface area contributed by atoms with E-state index in [-0.39, 0.29) is 17.7 Å². The summed E-state index contributed by atoms with van der Waals surface area (Å²) in [6, 6.07) is 6.80. The number of aromatic nitrogens is 3. The fraction of sp³-hybridized carbons (Fsp3) is 0.429. The zero-order chi connectivity index (χ0) is 21.6. The maximum absolute atomic E-state index is 13.2. The van der Waals surface area contributed by atoms with E-state index in [1.165, 1.54) is 6.33 Å². The lowest BCUT2D eigenvalue weighted by Gasteiger charge is -2.42. The molecule has 2 N–H and O–H groups in total. The number of ether oxygens (including phenoxy) is 2. The molecule has 4 heterocycles. The van der Waals surface area contributed by atoms with Crippen LogP contribution in [0.15, 0.2) is 30.6 Å². The molecule has 0 spiro atoms. The first-order chi connectivity index (χ1) is 14.9. The lowest BCUT2D eigenvalue weighted by molar-refractivity contribution is -0.140. The summed E-state index contributed by atoms with van der Waals surface area (Å²) in [4.78, 5) is 12.9. The Labute approximate surface area is 176 Å². The smallest absolute Gasteiger partial charge is 0.431 e. The Bertz CT molecular complexity index is 1090. The fourth-order valence-corrected chi connectivity index (χ4v) is 4.26. The average Bonchev–Trinajstić information content (AvgIpc) is 3.20. The Kier molecular flexibility index (Phi) is 4.98. The van der Waals surface area contributed by atoms with Crippen LogP contribution in [0.25, 0.3) is 11.0 Å². The second-order valence-corrected chi connectivity index (χ2v) is 7.86. The minimum absolute atomic E-state index is 0.0230. The maximum Gasteiger partial charge on any atom is 0.431 e. The van der Waals surface area contributed by atoms with E-state index < -0.39 is 11.9 Å². The summed E-state index contributed by atoms with van der Waals surface area (Å²) in [5, 5.41) is 3.71. The third kappa shape index (κ3) is 3.81. The molecule has 1 saturated heterocycles. The molecule has 2 aliphatic rings. The van der Waals surface area contributed by atoms with Gasteiger partial charge in [0.05, 0.1) is 30.7 Å². The van der Waals surface area contributed by atoms with Gasteiger partial charge in [0.2, 0.25) is 0 Å². The molecule has 0 radical (unpaired) electrons. The topological polar surface area (TPSA) is 75.3 Å². The van der Waals surface area contributed by atoms with Gasteiger partial charge in [-0.2, -0.15) is 13.2 Å². The Balaban J connectivity index is 1.55. The van der Waals surface area contributed by atoms with Gasteiger partial charge in [-0.1, -0.05) is 12.1 Å². The second-order valence-electron chi connectivity index (χ2n) is 7.86. The molecule has 3 aromatic rings. The van der Waals surface area contributed by atoms with Crippen LogP contribution >= 0.6 is 0 Å². The van der Waals surface area contributed by atoms with Gasteiger partial charge in [-0.15, -0.1) is 0 Å². The molecule has 0 saturated carbocycles. The molecule has 0 amide bonds. The maximum atomic E-state index is 13.2. The summed E-state index contributed by atoms with van der Waals surface area (Å²) < 4.78 is 51.2. The number of nitrogens with one attached hydrogen (secondary N) is 2. The van der Waals surface area contributed by atoms with Crippen LogP contribution in [0, 0.1) is 6.92 Å². The third-order valence-corrected chi connectivity index (χ3v) is 5.84. The van der Waals surface area contributed by atoms with Crippen LogP contribution in [-0.2, 0) is 10.9 Å². The van der Waals surface area contributed by atoms with E-state index in [1.54, 1.807) is 0 Å². The molecule has 0 bridgehead atoms. The van der Waals surface area contributed by atoms with Crippen molar-refractivity contribution in [1.29, 1.82) is 0 Å². The Hall–Kier alpha value is -2.85. The molecule has 1 fully saturated rings. The monoisotopic (exact) mass is 433 g/mol. The van der Waals surface area contributed by atoms with Crippen molar-refractivity contribution in [2.24, 2.45) is 0 Å². The first-order valence-electron chi connectivity index (χ1n) is 10.1. The molecule has 1 aromatic carbocycles. The summed E-state index contributed by atoms with van der Waals surface area (Å²) in [5.74, 6) is 1.13. The van der Waals surface area contributed by atoms with Crippen LogP contribution in [-0.4, -0.2) is 58.8 Å². The van der Waals surface area contributed by atoms with Gasteiger partial charge < -0.3 is 19.8 Å². The van der Waals surface area contributed by atoms with Crippen LogP contribution in [0.4, 0.5) is 19.0 Å². The average molecular weight is 433 g/mol. The van der Waals surface area contributed by atoms with Gasteiger partial charge in [0.1, 0.15) is 35.8 Å². The van der Waals surface area contributed by atoms with Crippen LogP contribution in [0.1, 0.15) is 22.9 Å². The fourth-order valence-electron chi connectivity index (χ4n) is 4.26. The minimum Gasteiger partial charge on any atom is -0.491 e. The van der Waals surface area contributed by atoms with Gasteiger partial charge in [-0.05, 0) is 24.6 Å². The molecule has 0 aliphatic carbocycles. The highest BCUT2D eigenvalue weighted by Gasteiger charge is 2.37. The Morgan fingerprint density at radius 2 is 1.97 bits per heavy atom. The number of anilines is 1. The number of fused-ring (bicyclic) bond motifs is 2. The predicted octanol–water partition coefficient (Wildman–Crippen LogP) is 3.53. The lowest BCUT2D eigenvalue weighted by Crippen LogP contribution is -2.52. The Morgan fingerprint density at radius 1 is 1.16 bits per heavy atom. The summed E-state index contributed by atoms with van der Waals surface area (Å²) in [5.41, 5.74) is 1.32. The number of H-pyrrole nitrogens is 1. The molecular formula is C21H22F3N5O2. The summed E-state index contributed by atoms with van der Waals surface area (Å²) in [7, 11) is 0. The van der Waals surface area contributed by atoms with E-state index >= 15 is 0 Å². The highest BCUT2D eigenvalue weighted by molar-refractivity contribution is 5.88. The molecule has 5 rings (SSSR count). The van der Waals surface area contributed by atoms with E-state index in [2.05, 4.69) is 25.2 Å². The molecule has 2 aliphatic heterocycles. The molecule has 7 nitrogen and oxygen atoms in total. The van der Waals surface area contributed by atoms with Crippen LogP contribution in [0.3, 0.4) is 0 Å². The van der Waals surface area contributed by atoms with E-state index in [0.29, 0.717) is 31.0 Å². The second kappa shape index (κ2) is 7.69. The molecule has 2 aromatic heterocycles. The largest absolute Gasteiger partial charge is 0.491 e. The molecule has 0 unspecified atom stereocenters. The van der Waals surface area contributed by atoms with E-state index in [9.17, 15) is 13.2 Å². The van der Waals surface area contributed by atoms with Gasteiger partial charge in [0, 0.05) is 18.7 Å². The first kappa shape index (κ1) is 20.1. The number of aromatic amines is 1. The normalized spacial score (nSPS) is 22.2. The van der Waals surface area contributed by atoms with Gasteiger partial charge in [-0.25, -0.2) is 9.97 Å². The van der Waals surface area contributed by atoms with Gasteiger partial charge in [-0.3, -0.25) is 4.90 Å². The number of benzene rings is 1. The SMILES string of the molecule is Cc1ccc2c(c1)OC[C@H](N1CCOCC1)[C@H]2Nc1ncnc2[nH]c(C(F)(F)F)cc12. The minimum atomic E-state index is -4.49. The Morgan fingerprint density at radius 3 is 2.74 bits per heavy atom. The van der Waals surface area contributed by atoms with Gasteiger partial charge >= 0.3 is 6.18 Å². The van der Waals surface area contributed by atoms with Crippen LogP contribution in [0.2, 0.25) is 0 Å². The number of hydrogen-bond donors (Lipinski definition) is 2. The molecule has 2 atom stereocenters. The molecule has 10 heteroatoms. The first-order valence-corrected chi connectivity index (χ1v) is 10.1. The summed E-state index contributed by atoms with van der Waals surface area (Å²) >= 11 is 0. The van der Waals surface area contributed by atoms with Crippen molar-refractivity contribution >= 4 is 16.9 Å². The third-order valence-electron chi connectivity index (χ3n) is 5.84. The molecule has 164 valence electrons. The number of hydrogen-bond acceptors (Lipinski definition) is 6. The number of rotatable bonds is 3. The van der Waals surface area contributed by atoms with E-state index in [1.807, 2.05) is 25.1 Å². The van der Waals surface area contributed by atoms with Gasteiger partial charge in [0.15, 0.2) is 0 Å². The number of halogens is 3. The van der Waals surface area contributed by atoms with Crippen molar-refractivity contribution in [1.82, 2.24) is 19.9 Å². The van der Waals surface area contributed by atoms with Crippen LogP contribution < -0.4 is 10.1 Å². The number of aryl methyl sites for hydroxylation is 1. The molecule has 31 heavy (non-hydrogen) atoms. The van der Waals surface area contributed by atoms with Gasteiger partial charge in [0.25, 0.3) is 0 Å². The molecular weight excluding hydrogens is 411 g/mol. The van der Waals surface area contributed by atoms with Crippen molar-refractivity contribution in [3.63, 3.8) is 0 Å². The van der Waals surface area contributed by atoms with Crippen LogP contribution in [0.5, 0.6) is 5.75 Å². The summed E-state index contributed by atoms with van der Waals surface area (Å²) in [6.07, 6.45) is -3.22. The number of alkyl halides is 3. The van der Waals surface area contributed by atoms with Crippen molar-refractivity contribution in [3.05, 3.63) is 47.4 Å². The van der Waals surface area contributed by atoms with Crippen molar-refractivity contribution in [2.75, 3.05) is 38.2 Å². The van der Waals surface area contributed by atoms with Crippen molar-refractivity contribution in [3.8, 4) is 5.75 Å². The van der Waals surface area contributed by atoms with E-state index in [0.717, 1.165) is 36.0 Å². The highest BCUT2D eigenvalue weighted by Crippen LogP contribution is 2.39. The standard InChI is InChI=1S/C21H22F3N5O2/c1-12-2-3-13-16(8-12)31-10-15(29-4-6-30-7-5-29)18(13)28-20-14-9-17(21(22,23)24)27-19(14)25-11-26-20/h2-3,8-9,11,15,18H,4-7,10H2,1H3,(H2,25,26,27,28)/t15-,18-/m0/s1. The van der Waals surface area contributed by atoms with E-state index in [4.69, 9.17) is 9.47 Å². The quantitative estimate of drug-likeness (QED) is 0.658. The predicted molar refractivity (Wildman–Crippen MR) is 108 cm³/mol. The zero-order valence-electron chi connectivity index (χ0n) is 16.9. The number of morpholine rings is 1. The summed E-state index contributed by atoms with van der Waals surface area (Å²) in [6.45, 7) is 5.24. The highest BCUT2D eigenvalue weighted by atomic mass is 19.4. The van der Waals surface area contributed by atoms with Crippen molar-refractivity contribution < 1.29 is 22.6 Å². The number of nitrogens with zero attached hydrogens (tertiary/aromatic N) is 3. The zero-order valence-corrected chi connectivity index (χ0v) is 16.9. The lowest BCUT2D eigenvalue weighted by atomic mass is 9.93.